The molecule has 0 radical (unpaired) electrons. The molecule has 2 aliphatic rings. The van der Waals surface area contributed by atoms with Gasteiger partial charge in [-0.15, -0.1) is 0 Å². The van der Waals surface area contributed by atoms with Crippen LogP contribution in [0, 0.1) is 5.82 Å². The van der Waals surface area contributed by atoms with Crippen LogP contribution in [0.3, 0.4) is 0 Å². The monoisotopic (exact) mass is 573 g/mol. The molecule has 0 N–H and O–H groups in total. The Morgan fingerprint density at radius 3 is 2.45 bits per heavy atom. The number of benzene rings is 3. The van der Waals surface area contributed by atoms with E-state index < -0.39 is 6.55 Å². The highest BCUT2D eigenvalue weighted by molar-refractivity contribution is 6.01. The molecule has 216 valence electrons. The number of aromatic nitrogens is 4. The molecule has 7 rings (SSSR count). The number of para-hydroxylation sites is 2. The lowest BCUT2D eigenvalue weighted by Crippen LogP contribution is -2.38. The Morgan fingerprint density at radius 2 is 1.69 bits per heavy atom. The fourth-order valence-corrected chi connectivity index (χ4v) is 6.41. The van der Waals surface area contributed by atoms with Crippen molar-refractivity contribution in [2.45, 2.75) is 44.2 Å². The molecule has 0 bridgehead atoms. The molecule has 3 aromatic carbocycles. The second-order valence-electron chi connectivity index (χ2n) is 11.1. The Hall–Kier alpha value is -4.18. The van der Waals surface area contributed by atoms with E-state index in [4.69, 9.17) is 9.84 Å². The highest BCUT2D eigenvalue weighted by atomic mass is 19.3. The normalized spacial score (nSPS) is 17.1. The van der Waals surface area contributed by atoms with Gasteiger partial charge in [-0.25, -0.2) is 9.37 Å². The largest absolute Gasteiger partial charge is 0.381 e. The van der Waals surface area contributed by atoms with Crippen LogP contribution in [0.15, 0.2) is 66.7 Å². The zero-order chi connectivity index (χ0) is 28.8. The molecule has 0 spiro atoms. The number of ether oxygens (including phenoxy) is 1. The zero-order valence-electron chi connectivity index (χ0n) is 22.9. The molecule has 7 nitrogen and oxygen atoms in total. The molecule has 2 saturated heterocycles. The average Bonchev–Trinajstić information content (AvgIpc) is 3.60. The Morgan fingerprint density at radius 1 is 0.905 bits per heavy atom. The van der Waals surface area contributed by atoms with E-state index in [9.17, 15) is 18.0 Å². The summed E-state index contributed by atoms with van der Waals surface area (Å²) in [6.07, 6.45) is 2.70. The van der Waals surface area contributed by atoms with E-state index >= 15 is 0 Å². The van der Waals surface area contributed by atoms with Crippen LogP contribution in [0.1, 0.15) is 60.4 Å². The number of imidazole rings is 1. The number of nitrogens with zero attached hydrogens (tertiary/aromatic N) is 5. The number of halogens is 3. The van der Waals surface area contributed by atoms with Gasteiger partial charge in [-0.3, -0.25) is 14.0 Å². The number of rotatable bonds is 5. The van der Waals surface area contributed by atoms with E-state index in [1.54, 1.807) is 41.3 Å². The molecule has 4 heterocycles. The average molecular weight is 574 g/mol. The summed E-state index contributed by atoms with van der Waals surface area (Å²) in [7, 11) is 0. The summed E-state index contributed by atoms with van der Waals surface area (Å²) >= 11 is 0. The molecule has 1 amide bonds. The second-order valence-corrected chi connectivity index (χ2v) is 11.1. The molecule has 2 aromatic heterocycles. The van der Waals surface area contributed by atoms with Crippen molar-refractivity contribution in [2.75, 3.05) is 26.3 Å². The summed E-state index contributed by atoms with van der Waals surface area (Å²) in [5, 5.41) is 5.78. The van der Waals surface area contributed by atoms with Gasteiger partial charge in [0.1, 0.15) is 17.3 Å². The van der Waals surface area contributed by atoms with Gasteiger partial charge in [0.15, 0.2) is 0 Å². The first-order valence-corrected chi connectivity index (χ1v) is 14.4. The molecule has 10 heteroatoms. The number of carbonyl (C=O) groups excluding carboxylic acids is 1. The molecule has 0 unspecified atom stereocenters. The second kappa shape index (κ2) is 10.9. The van der Waals surface area contributed by atoms with E-state index in [1.807, 2.05) is 22.9 Å². The third-order valence-corrected chi connectivity index (χ3v) is 8.55. The van der Waals surface area contributed by atoms with Crippen molar-refractivity contribution < 1.29 is 22.7 Å². The topological polar surface area (TPSA) is 65.2 Å². The summed E-state index contributed by atoms with van der Waals surface area (Å²) in [5.41, 5.74) is 3.71. The van der Waals surface area contributed by atoms with E-state index in [1.165, 1.54) is 12.1 Å². The number of alkyl halides is 2. The standard InChI is InChI=1S/C32H30F3N5O2/c33-23-5-3-4-21(18-23)29-25-9-8-22(19-28(25)40(37-29)24-12-16-42-17-13-24)31(41)38-14-10-20(11-15-38)30-36-26-6-1-2-7-27(26)39(30)32(34)35/h1-9,18-20,24,32H,10-17H2. The molecule has 0 aliphatic carbocycles. The van der Waals surface area contributed by atoms with Crippen LogP contribution < -0.4 is 0 Å². The van der Waals surface area contributed by atoms with E-state index in [0.29, 0.717) is 72.8 Å². The van der Waals surface area contributed by atoms with Gasteiger partial charge in [0.2, 0.25) is 0 Å². The van der Waals surface area contributed by atoms with Gasteiger partial charge in [0.05, 0.1) is 22.6 Å². The highest BCUT2D eigenvalue weighted by Gasteiger charge is 2.31. The molecule has 2 aliphatic heterocycles. The molecule has 0 saturated carbocycles. The van der Waals surface area contributed by atoms with Crippen LogP contribution in [-0.2, 0) is 4.74 Å². The number of hydrogen-bond donors (Lipinski definition) is 0. The summed E-state index contributed by atoms with van der Waals surface area (Å²) in [5.74, 6) is -0.225. The van der Waals surface area contributed by atoms with Gasteiger partial charge in [0.25, 0.3) is 5.91 Å². The Bertz CT molecular complexity index is 1770. The number of likely N-dealkylation sites (tertiary alicyclic amines) is 1. The lowest BCUT2D eigenvalue weighted by Gasteiger charge is -2.32. The quantitative estimate of drug-likeness (QED) is 0.228. The Kier molecular flexibility index (Phi) is 6.93. The van der Waals surface area contributed by atoms with Crippen LogP contribution in [-0.4, -0.2) is 56.4 Å². The van der Waals surface area contributed by atoms with E-state index in [-0.39, 0.29) is 23.7 Å². The van der Waals surface area contributed by atoms with E-state index in [2.05, 4.69) is 4.98 Å². The van der Waals surface area contributed by atoms with Crippen molar-refractivity contribution >= 4 is 27.8 Å². The summed E-state index contributed by atoms with van der Waals surface area (Å²) in [6, 6.07) is 19.0. The highest BCUT2D eigenvalue weighted by Crippen LogP contribution is 2.36. The number of amides is 1. The first-order valence-electron chi connectivity index (χ1n) is 14.4. The SMILES string of the molecule is O=C(c1ccc2c(-c3cccc(F)c3)nn(C3CCOCC3)c2c1)N1CCC(c2nc3ccccc3n2C(F)F)CC1. The molecule has 2 fully saturated rings. The summed E-state index contributed by atoms with van der Waals surface area (Å²) in [6.45, 7) is -0.525. The van der Waals surface area contributed by atoms with Gasteiger partial charge in [0, 0.05) is 48.7 Å². The molecule has 0 atom stereocenters. The van der Waals surface area contributed by atoms with Crippen molar-refractivity contribution in [3.8, 4) is 11.3 Å². The summed E-state index contributed by atoms with van der Waals surface area (Å²) < 4.78 is 50.7. The van der Waals surface area contributed by atoms with Gasteiger partial charge < -0.3 is 9.64 Å². The van der Waals surface area contributed by atoms with Crippen LogP contribution in [0.2, 0.25) is 0 Å². The fourth-order valence-electron chi connectivity index (χ4n) is 6.41. The maximum absolute atomic E-state index is 14.1. The maximum atomic E-state index is 14.1. The number of carbonyl (C=O) groups is 1. The van der Waals surface area contributed by atoms with Gasteiger partial charge in [-0.2, -0.15) is 13.9 Å². The molecular weight excluding hydrogens is 543 g/mol. The lowest BCUT2D eigenvalue weighted by atomic mass is 9.95. The minimum absolute atomic E-state index is 0.107. The van der Waals surface area contributed by atoms with Gasteiger partial charge in [-0.1, -0.05) is 24.3 Å². The van der Waals surface area contributed by atoms with Crippen LogP contribution in [0.5, 0.6) is 0 Å². The van der Waals surface area contributed by atoms with Gasteiger partial charge in [-0.05, 0) is 68.1 Å². The minimum Gasteiger partial charge on any atom is -0.381 e. The van der Waals surface area contributed by atoms with E-state index in [0.717, 1.165) is 28.3 Å². The van der Waals surface area contributed by atoms with Crippen molar-refractivity contribution in [1.29, 1.82) is 0 Å². The fraction of sp³-hybridized carbons (Fsp3) is 0.344. The van der Waals surface area contributed by atoms with Gasteiger partial charge >= 0.3 is 6.55 Å². The third kappa shape index (κ3) is 4.73. The molecular formula is C32H30F3N5O2. The predicted molar refractivity (Wildman–Crippen MR) is 153 cm³/mol. The maximum Gasteiger partial charge on any atom is 0.320 e. The molecule has 5 aromatic rings. The number of hydrogen-bond acceptors (Lipinski definition) is 4. The van der Waals surface area contributed by atoms with Crippen LogP contribution in [0.4, 0.5) is 13.2 Å². The number of fused-ring (bicyclic) bond motifs is 2. The predicted octanol–water partition coefficient (Wildman–Crippen LogP) is 6.96. The molecule has 42 heavy (non-hydrogen) atoms. The Balaban J connectivity index is 1.16. The summed E-state index contributed by atoms with van der Waals surface area (Å²) in [4.78, 5) is 20.0. The first kappa shape index (κ1) is 26.7. The van der Waals surface area contributed by atoms with Crippen molar-refractivity contribution in [3.63, 3.8) is 0 Å². The van der Waals surface area contributed by atoms with Crippen molar-refractivity contribution in [3.05, 3.63) is 83.9 Å². The lowest BCUT2D eigenvalue weighted by molar-refractivity contribution is 0.0634. The van der Waals surface area contributed by atoms with Crippen molar-refractivity contribution in [2.24, 2.45) is 0 Å². The number of piperidine rings is 1. The van der Waals surface area contributed by atoms with Crippen LogP contribution in [0.25, 0.3) is 33.2 Å². The Labute approximate surface area is 240 Å². The van der Waals surface area contributed by atoms with Crippen LogP contribution >= 0.6 is 0 Å². The minimum atomic E-state index is -2.68. The van der Waals surface area contributed by atoms with Crippen molar-refractivity contribution in [1.82, 2.24) is 24.2 Å². The first-order chi connectivity index (χ1) is 20.5. The zero-order valence-corrected chi connectivity index (χ0v) is 22.9. The third-order valence-electron chi connectivity index (χ3n) is 8.55. The smallest absolute Gasteiger partial charge is 0.320 e.